The second-order valence-corrected chi connectivity index (χ2v) is 6.80. The highest BCUT2D eigenvalue weighted by Crippen LogP contribution is 2.27. The highest BCUT2D eigenvalue weighted by Gasteiger charge is 2.28. The Labute approximate surface area is 151 Å². The summed E-state index contributed by atoms with van der Waals surface area (Å²) in [5, 5.41) is 8.05. The molecule has 26 heavy (non-hydrogen) atoms. The molecule has 0 fully saturated rings. The monoisotopic (exact) mass is 383 g/mol. The lowest BCUT2D eigenvalue weighted by Crippen LogP contribution is -2.21. The van der Waals surface area contributed by atoms with E-state index in [4.69, 9.17) is 0 Å². The van der Waals surface area contributed by atoms with Crippen molar-refractivity contribution in [2.45, 2.75) is 19.6 Å². The van der Waals surface area contributed by atoms with Crippen LogP contribution in [0.5, 0.6) is 5.75 Å². The van der Waals surface area contributed by atoms with E-state index in [1.54, 1.807) is 16.8 Å². The largest absolute Gasteiger partial charge is 0.484 e. The van der Waals surface area contributed by atoms with Crippen molar-refractivity contribution in [1.29, 1.82) is 0 Å². The number of hydrogen-bond donors (Lipinski definition) is 1. The van der Waals surface area contributed by atoms with Gasteiger partial charge >= 0.3 is 6.18 Å². The number of aromatic nitrogens is 2. The molecule has 9 heteroatoms. The first kappa shape index (κ1) is 18.2. The Kier molecular flexibility index (Phi) is 4.90. The van der Waals surface area contributed by atoms with Gasteiger partial charge < -0.3 is 10.1 Å². The highest BCUT2D eigenvalue weighted by atomic mass is 32.1. The number of carbonyl (C=O) groups excluding carboxylic acids is 1. The first-order chi connectivity index (χ1) is 12.2. The van der Waals surface area contributed by atoms with Crippen molar-refractivity contribution in [3.63, 3.8) is 0 Å². The molecule has 5 nitrogen and oxygen atoms in total. The molecule has 3 rings (SSSR count). The number of amides is 1. The quantitative estimate of drug-likeness (QED) is 0.729. The summed E-state index contributed by atoms with van der Waals surface area (Å²) in [7, 11) is 1.83. The molecule has 138 valence electrons. The minimum atomic E-state index is -4.37. The van der Waals surface area contributed by atoms with E-state index in [1.165, 1.54) is 23.5 Å². The van der Waals surface area contributed by atoms with E-state index in [2.05, 4.69) is 15.2 Å². The predicted octanol–water partition coefficient (Wildman–Crippen LogP) is 3.81. The zero-order valence-corrected chi connectivity index (χ0v) is 14.9. The second-order valence-electron chi connectivity index (χ2n) is 5.77. The third-order valence-electron chi connectivity index (χ3n) is 3.70. The Bertz CT molecular complexity index is 895. The molecule has 0 aliphatic carbocycles. The summed E-state index contributed by atoms with van der Waals surface area (Å²) in [6, 6.07) is 7.94. The van der Waals surface area contributed by atoms with E-state index in [0.29, 0.717) is 4.88 Å². The van der Waals surface area contributed by atoms with Crippen LogP contribution in [0.2, 0.25) is 0 Å². The van der Waals surface area contributed by atoms with Crippen molar-refractivity contribution in [2.24, 2.45) is 7.05 Å². The van der Waals surface area contributed by atoms with Crippen LogP contribution < -0.4 is 10.1 Å². The Hall–Kier alpha value is -2.55. The van der Waals surface area contributed by atoms with E-state index in [9.17, 15) is 18.0 Å². The third kappa shape index (κ3) is 4.16. The van der Waals surface area contributed by atoms with E-state index >= 15 is 0 Å². The molecule has 2 aromatic heterocycles. The van der Waals surface area contributed by atoms with Gasteiger partial charge in [-0.05, 0) is 30.7 Å². The number of benzene rings is 1. The Morgan fingerprint density at radius 1 is 1.31 bits per heavy atom. The maximum absolute atomic E-state index is 12.3. The van der Waals surface area contributed by atoms with E-state index in [0.717, 1.165) is 21.5 Å². The average molecular weight is 383 g/mol. The Balaban J connectivity index is 1.59. The minimum absolute atomic E-state index is 0.130. The molecule has 0 saturated carbocycles. The van der Waals surface area contributed by atoms with Crippen LogP contribution in [0.1, 0.15) is 20.9 Å². The molecule has 2 heterocycles. The molecule has 3 aromatic rings. The molecule has 1 N–H and O–H groups in total. The van der Waals surface area contributed by atoms with Crippen molar-refractivity contribution in [2.75, 3.05) is 6.61 Å². The SMILES string of the molecule is Cc1nn(C)c2sc(C(=O)NCc3ccc(OCC(F)(F)F)cc3)cc12. The van der Waals surface area contributed by atoms with Gasteiger partial charge in [-0.1, -0.05) is 12.1 Å². The molecular formula is C17H16F3N3O2S. The normalized spacial score (nSPS) is 11.7. The number of fused-ring (bicyclic) bond motifs is 1. The summed E-state index contributed by atoms with van der Waals surface area (Å²) in [6.07, 6.45) is -4.37. The molecule has 0 bridgehead atoms. The minimum Gasteiger partial charge on any atom is -0.484 e. The number of ether oxygens (including phenoxy) is 1. The number of nitrogens with one attached hydrogen (secondary N) is 1. The molecule has 1 amide bonds. The number of thiophene rings is 1. The molecule has 0 unspecified atom stereocenters. The fourth-order valence-electron chi connectivity index (χ4n) is 2.46. The van der Waals surface area contributed by atoms with Gasteiger partial charge in [-0.15, -0.1) is 11.3 Å². The van der Waals surface area contributed by atoms with Crippen molar-refractivity contribution in [3.8, 4) is 5.75 Å². The number of halogens is 3. The molecule has 1 aromatic carbocycles. The summed E-state index contributed by atoms with van der Waals surface area (Å²) >= 11 is 1.36. The lowest BCUT2D eigenvalue weighted by Gasteiger charge is -2.10. The number of carbonyl (C=O) groups is 1. The topological polar surface area (TPSA) is 56.2 Å². The van der Waals surface area contributed by atoms with Crippen molar-refractivity contribution in [3.05, 3.63) is 46.5 Å². The van der Waals surface area contributed by atoms with Gasteiger partial charge in [0.05, 0.1) is 10.6 Å². The Morgan fingerprint density at radius 2 is 2.00 bits per heavy atom. The van der Waals surface area contributed by atoms with Crippen LogP contribution in [-0.2, 0) is 13.6 Å². The number of aryl methyl sites for hydroxylation is 2. The van der Waals surface area contributed by atoms with E-state index in [-0.39, 0.29) is 18.2 Å². The van der Waals surface area contributed by atoms with Gasteiger partial charge in [-0.3, -0.25) is 9.48 Å². The lowest BCUT2D eigenvalue weighted by molar-refractivity contribution is -0.153. The first-order valence-electron chi connectivity index (χ1n) is 7.73. The number of nitrogens with zero attached hydrogens (tertiary/aromatic N) is 2. The molecule has 0 spiro atoms. The lowest BCUT2D eigenvalue weighted by atomic mass is 10.2. The molecule has 0 atom stereocenters. The first-order valence-corrected chi connectivity index (χ1v) is 8.54. The second kappa shape index (κ2) is 6.99. The molecule has 0 aliphatic heterocycles. The summed E-state index contributed by atoms with van der Waals surface area (Å²) in [4.78, 5) is 13.8. The molecule has 0 aliphatic rings. The van der Waals surface area contributed by atoms with Crippen LogP contribution in [0.3, 0.4) is 0 Å². The standard InChI is InChI=1S/C17H16F3N3O2S/c1-10-13-7-14(26-16(13)23(2)22-10)15(24)21-8-11-3-5-12(6-4-11)25-9-17(18,19)20/h3-7H,8-9H2,1-2H3,(H,21,24). The van der Waals surface area contributed by atoms with Gasteiger partial charge in [0.15, 0.2) is 6.61 Å². The highest BCUT2D eigenvalue weighted by molar-refractivity contribution is 7.20. The smallest absolute Gasteiger partial charge is 0.422 e. The van der Waals surface area contributed by atoms with Crippen LogP contribution in [0.4, 0.5) is 13.2 Å². The summed E-state index contributed by atoms with van der Waals surface area (Å²) in [5.41, 5.74) is 1.63. The van der Waals surface area contributed by atoms with Crippen LogP contribution >= 0.6 is 11.3 Å². The predicted molar refractivity (Wildman–Crippen MR) is 92.5 cm³/mol. The third-order valence-corrected chi connectivity index (χ3v) is 4.90. The molecule has 0 saturated heterocycles. The zero-order valence-electron chi connectivity index (χ0n) is 14.1. The van der Waals surface area contributed by atoms with Crippen LogP contribution in [-0.4, -0.2) is 28.5 Å². The van der Waals surface area contributed by atoms with Crippen LogP contribution in [0.15, 0.2) is 30.3 Å². The average Bonchev–Trinajstić information content (AvgIpc) is 3.13. The van der Waals surface area contributed by atoms with Gasteiger partial charge in [0.2, 0.25) is 0 Å². The number of rotatable bonds is 5. The van der Waals surface area contributed by atoms with Crippen LogP contribution in [0.25, 0.3) is 10.2 Å². The van der Waals surface area contributed by atoms with Crippen molar-refractivity contribution < 1.29 is 22.7 Å². The van der Waals surface area contributed by atoms with Crippen molar-refractivity contribution in [1.82, 2.24) is 15.1 Å². The maximum atomic E-state index is 12.3. The summed E-state index contributed by atoms with van der Waals surface area (Å²) < 4.78 is 42.7. The number of alkyl halides is 3. The van der Waals surface area contributed by atoms with Gasteiger partial charge in [-0.25, -0.2) is 0 Å². The van der Waals surface area contributed by atoms with E-state index in [1.807, 2.05) is 20.0 Å². The maximum Gasteiger partial charge on any atom is 0.422 e. The molecule has 0 radical (unpaired) electrons. The van der Waals surface area contributed by atoms with Gasteiger partial charge in [0.25, 0.3) is 5.91 Å². The van der Waals surface area contributed by atoms with Gasteiger partial charge in [-0.2, -0.15) is 18.3 Å². The molecular weight excluding hydrogens is 367 g/mol. The van der Waals surface area contributed by atoms with E-state index < -0.39 is 12.8 Å². The Morgan fingerprint density at radius 3 is 2.62 bits per heavy atom. The van der Waals surface area contributed by atoms with Crippen molar-refractivity contribution >= 4 is 27.5 Å². The fraction of sp³-hybridized carbons (Fsp3) is 0.294. The van der Waals surface area contributed by atoms with Gasteiger partial charge in [0, 0.05) is 19.0 Å². The van der Waals surface area contributed by atoms with Crippen LogP contribution in [0, 0.1) is 6.92 Å². The summed E-state index contributed by atoms with van der Waals surface area (Å²) in [5.74, 6) is -0.0760. The van der Waals surface area contributed by atoms with Gasteiger partial charge in [0.1, 0.15) is 10.6 Å². The fourth-order valence-corrected chi connectivity index (χ4v) is 3.49. The zero-order chi connectivity index (χ0) is 18.9. The summed E-state index contributed by atoms with van der Waals surface area (Å²) in [6.45, 7) is 0.826. The number of hydrogen-bond acceptors (Lipinski definition) is 4.